The van der Waals surface area contributed by atoms with Crippen molar-refractivity contribution < 1.29 is 9.47 Å². The molecule has 0 aromatic heterocycles. The Morgan fingerprint density at radius 1 is 1.11 bits per heavy atom. The number of para-hydroxylation sites is 2. The molecule has 0 bridgehead atoms. The van der Waals surface area contributed by atoms with E-state index in [0.717, 1.165) is 17.9 Å². The smallest absolute Gasteiger partial charge is 0.162 e. The van der Waals surface area contributed by atoms with Crippen LogP contribution in [-0.2, 0) is 0 Å². The van der Waals surface area contributed by atoms with E-state index in [4.69, 9.17) is 9.47 Å². The number of ether oxygens (including phenoxy) is 2. The van der Waals surface area contributed by atoms with Crippen molar-refractivity contribution in [3.05, 3.63) is 48.6 Å². The van der Waals surface area contributed by atoms with Gasteiger partial charge in [-0.25, -0.2) is 0 Å². The number of hydrogen-bond acceptors (Lipinski definition) is 2. The van der Waals surface area contributed by atoms with E-state index in [0.29, 0.717) is 0 Å². The van der Waals surface area contributed by atoms with Crippen LogP contribution in [0.5, 0.6) is 11.5 Å². The van der Waals surface area contributed by atoms with Gasteiger partial charge in [-0.05, 0) is 39.0 Å². The summed E-state index contributed by atoms with van der Waals surface area (Å²) in [7, 11) is 0. The first-order valence-corrected chi connectivity index (χ1v) is 6.38. The molecule has 1 aliphatic carbocycles. The maximum Gasteiger partial charge on any atom is 0.162 e. The normalized spacial score (nSPS) is 22.2. The largest absolute Gasteiger partial charge is 0.487 e. The molecule has 1 unspecified atom stereocenters. The number of allylic oxidation sites excluding steroid dienone is 2. The van der Waals surface area contributed by atoms with Crippen LogP contribution in [-0.4, -0.2) is 11.7 Å². The lowest BCUT2D eigenvalue weighted by Crippen LogP contribution is -2.30. The molecule has 0 aliphatic heterocycles. The van der Waals surface area contributed by atoms with Gasteiger partial charge in [-0.3, -0.25) is 0 Å². The summed E-state index contributed by atoms with van der Waals surface area (Å²) in [5.41, 5.74) is -0.287. The van der Waals surface area contributed by atoms with Crippen LogP contribution in [0.3, 0.4) is 0 Å². The van der Waals surface area contributed by atoms with Gasteiger partial charge in [0.05, 0.1) is 6.10 Å². The predicted octanol–water partition coefficient (Wildman–Crippen LogP) is 4.13. The Kier molecular flexibility index (Phi) is 3.75. The lowest BCUT2D eigenvalue weighted by atomic mass is 9.97. The van der Waals surface area contributed by atoms with Gasteiger partial charge < -0.3 is 9.47 Å². The van der Waals surface area contributed by atoms with Gasteiger partial charge >= 0.3 is 0 Å². The van der Waals surface area contributed by atoms with Crippen LogP contribution in [0.25, 0.3) is 0 Å². The minimum atomic E-state index is -0.287. The Balaban J connectivity index is 2.18. The minimum absolute atomic E-state index is 0.143. The molecule has 2 rings (SSSR count). The van der Waals surface area contributed by atoms with E-state index in [1.54, 1.807) is 0 Å². The van der Waals surface area contributed by atoms with Gasteiger partial charge in [-0.15, -0.1) is 0 Å². The summed E-state index contributed by atoms with van der Waals surface area (Å²) in [6.07, 6.45) is 9.28. The van der Waals surface area contributed by atoms with Crippen molar-refractivity contribution >= 4 is 0 Å². The molecule has 0 radical (unpaired) electrons. The van der Waals surface area contributed by atoms with Crippen LogP contribution < -0.4 is 9.47 Å². The first kappa shape index (κ1) is 12.7. The first-order chi connectivity index (χ1) is 8.59. The van der Waals surface area contributed by atoms with Crippen LogP contribution in [0, 0.1) is 0 Å². The molecule has 0 saturated heterocycles. The van der Waals surface area contributed by atoms with Crippen molar-refractivity contribution in [1.29, 1.82) is 0 Å². The van der Waals surface area contributed by atoms with Crippen molar-refractivity contribution in [2.75, 3.05) is 0 Å². The molecule has 0 N–H and O–H groups in total. The Hall–Kier alpha value is -1.70. The number of hydrogen-bond donors (Lipinski definition) is 0. The Morgan fingerprint density at radius 2 is 1.83 bits per heavy atom. The summed E-state index contributed by atoms with van der Waals surface area (Å²) in [6, 6.07) is 7.83. The highest BCUT2D eigenvalue weighted by Gasteiger charge is 2.24. The molecular weight excluding hydrogens is 224 g/mol. The van der Waals surface area contributed by atoms with Crippen molar-refractivity contribution in [3.8, 4) is 11.5 Å². The third-order valence-corrected chi connectivity index (χ3v) is 2.77. The molecule has 2 heteroatoms. The van der Waals surface area contributed by atoms with Crippen LogP contribution >= 0.6 is 0 Å². The molecule has 0 spiro atoms. The van der Waals surface area contributed by atoms with E-state index < -0.39 is 0 Å². The van der Waals surface area contributed by atoms with Crippen LogP contribution in [0.2, 0.25) is 0 Å². The van der Waals surface area contributed by atoms with Crippen molar-refractivity contribution in [1.82, 2.24) is 0 Å². The highest BCUT2D eigenvalue weighted by Crippen LogP contribution is 2.33. The molecule has 1 aromatic rings. The van der Waals surface area contributed by atoms with Gasteiger partial charge in [0.2, 0.25) is 0 Å². The highest BCUT2D eigenvalue weighted by molar-refractivity contribution is 5.40. The second-order valence-electron chi connectivity index (χ2n) is 5.02. The van der Waals surface area contributed by atoms with E-state index in [2.05, 4.69) is 19.1 Å². The predicted molar refractivity (Wildman–Crippen MR) is 74.1 cm³/mol. The molecule has 1 atom stereocenters. The average molecular weight is 244 g/mol. The zero-order valence-electron chi connectivity index (χ0n) is 11.2. The Bertz CT molecular complexity index is 460. The van der Waals surface area contributed by atoms with Gasteiger partial charge in [-0.2, -0.15) is 0 Å². The van der Waals surface area contributed by atoms with Gasteiger partial charge in [0.15, 0.2) is 11.5 Å². The van der Waals surface area contributed by atoms with Crippen molar-refractivity contribution in [2.24, 2.45) is 0 Å². The summed E-state index contributed by atoms with van der Waals surface area (Å²) in [5, 5.41) is 0. The topological polar surface area (TPSA) is 18.5 Å². The monoisotopic (exact) mass is 244 g/mol. The molecule has 2 nitrogen and oxygen atoms in total. The summed E-state index contributed by atoms with van der Waals surface area (Å²) >= 11 is 0. The van der Waals surface area contributed by atoms with E-state index in [9.17, 15) is 0 Å². The zero-order chi connectivity index (χ0) is 13.0. The fraction of sp³-hybridized carbons (Fsp3) is 0.375. The van der Waals surface area contributed by atoms with Crippen molar-refractivity contribution in [2.45, 2.75) is 38.9 Å². The van der Waals surface area contributed by atoms with Gasteiger partial charge in [0, 0.05) is 6.42 Å². The first-order valence-electron chi connectivity index (χ1n) is 6.38. The third-order valence-electron chi connectivity index (χ3n) is 2.77. The Labute approximate surface area is 109 Å². The second kappa shape index (κ2) is 5.30. The summed E-state index contributed by atoms with van der Waals surface area (Å²) < 4.78 is 11.9. The van der Waals surface area contributed by atoms with E-state index in [1.807, 2.05) is 50.3 Å². The molecule has 18 heavy (non-hydrogen) atoms. The molecule has 0 saturated carbocycles. The summed E-state index contributed by atoms with van der Waals surface area (Å²) in [5.74, 6) is 1.60. The van der Waals surface area contributed by atoms with Gasteiger partial charge in [0.1, 0.15) is 5.60 Å². The maximum atomic E-state index is 6.11. The van der Waals surface area contributed by atoms with Gasteiger partial charge in [-0.1, -0.05) is 30.4 Å². The van der Waals surface area contributed by atoms with E-state index >= 15 is 0 Å². The third kappa shape index (κ3) is 3.16. The number of benzene rings is 1. The second-order valence-corrected chi connectivity index (χ2v) is 5.02. The summed E-state index contributed by atoms with van der Waals surface area (Å²) in [4.78, 5) is 0. The minimum Gasteiger partial charge on any atom is -0.487 e. The van der Waals surface area contributed by atoms with E-state index in [1.165, 1.54) is 0 Å². The molecule has 96 valence electrons. The molecule has 0 fully saturated rings. The average Bonchev–Trinajstić information content (AvgIpc) is 2.32. The fourth-order valence-electron chi connectivity index (χ4n) is 1.92. The quantitative estimate of drug-likeness (QED) is 0.793. The Morgan fingerprint density at radius 3 is 2.44 bits per heavy atom. The highest BCUT2D eigenvalue weighted by atomic mass is 16.5. The zero-order valence-corrected chi connectivity index (χ0v) is 11.2. The molecule has 0 amide bonds. The molecule has 0 heterocycles. The SMILES string of the molecule is CC(C)Oc1ccccc1OC1(C)C=CC=CC1. The molecular formula is C16H20O2. The van der Waals surface area contributed by atoms with E-state index in [-0.39, 0.29) is 11.7 Å². The van der Waals surface area contributed by atoms with Crippen LogP contribution in [0.15, 0.2) is 48.6 Å². The van der Waals surface area contributed by atoms with Gasteiger partial charge in [0.25, 0.3) is 0 Å². The lowest BCUT2D eigenvalue weighted by molar-refractivity contribution is 0.130. The van der Waals surface area contributed by atoms with Crippen LogP contribution in [0.1, 0.15) is 27.2 Å². The standard InChI is InChI=1S/C16H20O2/c1-13(2)17-14-9-5-6-10-15(14)18-16(3)11-7-4-8-12-16/h4-11,13H,12H2,1-3H3. The summed E-state index contributed by atoms with van der Waals surface area (Å²) in [6.45, 7) is 6.11. The number of rotatable bonds is 4. The maximum absolute atomic E-state index is 6.11. The fourth-order valence-corrected chi connectivity index (χ4v) is 1.92. The molecule has 1 aromatic carbocycles. The lowest BCUT2D eigenvalue weighted by Gasteiger charge is -2.29. The van der Waals surface area contributed by atoms with Crippen LogP contribution in [0.4, 0.5) is 0 Å². The molecule has 1 aliphatic rings. The van der Waals surface area contributed by atoms with Crippen molar-refractivity contribution in [3.63, 3.8) is 0 Å².